The van der Waals surface area contributed by atoms with Crippen LogP contribution in [0.25, 0.3) is 0 Å². The van der Waals surface area contributed by atoms with Gasteiger partial charge in [-0.15, -0.1) is 12.3 Å². The summed E-state index contributed by atoms with van der Waals surface area (Å²) in [5.74, 6) is 2.63. The molecule has 0 fully saturated rings. The van der Waals surface area contributed by atoms with E-state index in [9.17, 15) is 0 Å². The monoisotopic (exact) mass is 174 g/mol. The Morgan fingerprint density at radius 3 is 2.33 bits per heavy atom. The van der Waals surface area contributed by atoms with Gasteiger partial charge >= 0.3 is 0 Å². The molecule has 0 nitrogen and oxygen atoms in total. The quantitative estimate of drug-likeness (QED) is 0.350. The number of hydrogen-bond donors (Lipinski definition) is 0. The van der Waals surface area contributed by atoms with Gasteiger partial charge in [0.15, 0.2) is 0 Å². The second-order valence-electron chi connectivity index (χ2n) is 2.01. The molecular formula is C8H14Zn. The second kappa shape index (κ2) is 11.0. The van der Waals surface area contributed by atoms with Crippen LogP contribution in [0.5, 0.6) is 0 Å². The summed E-state index contributed by atoms with van der Waals surface area (Å²) in [6, 6.07) is 0. The molecule has 0 aromatic carbocycles. The Balaban J connectivity index is 0. The van der Waals surface area contributed by atoms with E-state index in [1.54, 1.807) is 0 Å². The summed E-state index contributed by atoms with van der Waals surface area (Å²) < 4.78 is 0. The second-order valence-corrected chi connectivity index (χ2v) is 2.01. The van der Waals surface area contributed by atoms with Crippen molar-refractivity contribution in [3.63, 3.8) is 0 Å². The molecule has 0 rings (SSSR count). The molecule has 9 heavy (non-hydrogen) atoms. The first-order valence-electron chi connectivity index (χ1n) is 3.35. The van der Waals surface area contributed by atoms with Crippen molar-refractivity contribution in [2.75, 3.05) is 0 Å². The Morgan fingerprint density at radius 2 is 1.89 bits per heavy atom. The molecule has 0 bridgehead atoms. The molecule has 1 heteroatoms. The maximum atomic E-state index is 5.06. The third kappa shape index (κ3) is 11.6. The van der Waals surface area contributed by atoms with E-state index in [0.29, 0.717) is 0 Å². The van der Waals surface area contributed by atoms with Crippen LogP contribution >= 0.6 is 0 Å². The van der Waals surface area contributed by atoms with E-state index >= 15 is 0 Å². The van der Waals surface area contributed by atoms with Gasteiger partial charge in [0.1, 0.15) is 0 Å². The van der Waals surface area contributed by atoms with Gasteiger partial charge in [-0.2, -0.15) is 0 Å². The Kier molecular flexibility index (Phi) is 14.6. The van der Waals surface area contributed by atoms with Crippen molar-refractivity contribution in [3.05, 3.63) is 0 Å². The van der Waals surface area contributed by atoms with Crippen LogP contribution < -0.4 is 0 Å². The van der Waals surface area contributed by atoms with Gasteiger partial charge in [0.2, 0.25) is 0 Å². The molecule has 0 N–H and O–H groups in total. The minimum atomic E-state index is 0. The molecule has 0 aromatic rings. The summed E-state index contributed by atoms with van der Waals surface area (Å²) in [7, 11) is 0. The zero-order valence-electron chi connectivity index (χ0n) is 6.32. The maximum absolute atomic E-state index is 5.06. The van der Waals surface area contributed by atoms with Crippen molar-refractivity contribution in [3.8, 4) is 12.3 Å². The molecule has 0 atom stereocenters. The Bertz CT molecular complexity index is 71.1. The van der Waals surface area contributed by atoms with Crippen molar-refractivity contribution in [1.82, 2.24) is 0 Å². The van der Waals surface area contributed by atoms with E-state index in [2.05, 4.69) is 12.8 Å². The van der Waals surface area contributed by atoms with Crippen LogP contribution in [-0.4, -0.2) is 0 Å². The third-order valence-electron chi connectivity index (χ3n) is 1.17. The van der Waals surface area contributed by atoms with E-state index in [0.717, 1.165) is 6.42 Å². The molecule has 0 unspecified atom stereocenters. The van der Waals surface area contributed by atoms with Gasteiger partial charge in [-0.25, -0.2) is 0 Å². The van der Waals surface area contributed by atoms with E-state index in [1.807, 2.05) is 0 Å². The average molecular weight is 176 g/mol. The van der Waals surface area contributed by atoms with Gasteiger partial charge in [-0.05, 0) is 6.42 Å². The minimum absolute atomic E-state index is 0. The minimum Gasteiger partial charge on any atom is -0.120 e. The predicted molar refractivity (Wildman–Crippen MR) is 37.6 cm³/mol. The molecule has 0 heterocycles. The maximum Gasteiger partial charge on any atom is 0.00860 e. The van der Waals surface area contributed by atoms with Crippen molar-refractivity contribution in [2.45, 2.75) is 39.0 Å². The molecule has 0 saturated carbocycles. The molecule has 0 aliphatic heterocycles. The Labute approximate surface area is 71.2 Å². The average Bonchev–Trinajstić information content (AvgIpc) is 1.81. The van der Waals surface area contributed by atoms with E-state index < -0.39 is 0 Å². The fourth-order valence-electron chi connectivity index (χ4n) is 0.654. The topological polar surface area (TPSA) is 0 Å². The normalized spacial score (nSPS) is 7.56. The number of rotatable bonds is 4. The first-order chi connectivity index (χ1) is 3.91. The van der Waals surface area contributed by atoms with Gasteiger partial charge in [-0.3, -0.25) is 0 Å². The van der Waals surface area contributed by atoms with Gasteiger partial charge < -0.3 is 0 Å². The van der Waals surface area contributed by atoms with Gasteiger partial charge in [0.25, 0.3) is 0 Å². The van der Waals surface area contributed by atoms with Gasteiger partial charge in [0.05, 0.1) is 0 Å². The van der Waals surface area contributed by atoms with Crippen LogP contribution in [0.1, 0.15) is 39.0 Å². The van der Waals surface area contributed by atoms with Crippen LogP contribution in [0, 0.1) is 12.3 Å². The van der Waals surface area contributed by atoms with Crippen LogP contribution in [0.4, 0.5) is 0 Å². The van der Waals surface area contributed by atoms with Gasteiger partial charge in [-0.1, -0.05) is 26.2 Å². The largest absolute Gasteiger partial charge is 0.120 e. The summed E-state index contributed by atoms with van der Waals surface area (Å²) in [5.41, 5.74) is 0. The van der Waals surface area contributed by atoms with E-state index in [4.69, 9.17) is 6.42 Å². The first kappa shape index (κ1) is 11.9. The van der Waals surface area contributed by atoms with Crippen molar-refractivity contribution < 1.29 is 19.5 Å². The van der Waals surface area contributed by atoms with Crippen molar-refractivity contribution >= 4 is 0 Å². The zero-order chi connectivity index (χ0) is 6.24. The molecular weight excluding hydrogens is 161 g/mol. The zero-order valence-corrected chi connectivity index (χ0v) is 9.29. The number of unbranched alkanes of at least 4 members (excludes halogenated alkanes) is 4. The Hall–Kier alpha value is 0.183. The van der Waals surface area contributed by atoms with Crippen molar-refractivity contribution in [1.29, 1.82) is 0 Å². The molecule has 48 valence electrons. The Morgan fingerprint density at radius 1 is 1.22 bits per heavy atom. The SMILES string of the molecule is C#CCCCCCC.[Zn]. The number of hydrogen-bond acceptors (Lipinski definition) is 0. The molecule has 0 saturated heterocycles. The smallest absolute Gasteiger partial charge is 0.00860 e. The standard InChI is InChI=1S/C8H14.Zn/c1-3-5-7-8-6-4-2;/h1H,4-8H2,2H3;. The third-order valence-corrected chi connectivity index (χ3v) is 1.17. The summed E-state index contributed by atoms with van der Waals surface area (Å²) in [6.45, 7) is 2.20. The fourth-order valence-corrected chi connectivity index (χ4v) is 0.654. The summed E-state index contributed by atoms with van der Waals surface area (Å²) in [6.07, 6.45) is 11.2. The van der Waals surface area contributed by atoms with Crippen LogP contribution in [0.3, 0.4) is 0 Å². The molecule has 0 spiro atoms. The van der Waals surface area contributed by atoms with Crippen LogP contribution in [0.15, 0.2) is 0 Å². The molecule has 0 radical (unpaired) electrons. The first-order valence-corrected chi connectivity index (χ1v) is 3.35. The van der Waals surface area contributed by atoms with E-state index in [1.165, 1.54) is 25.7 Å². The van der Waals surface area contributed by atoms with Crippen LogP contribution in [-0.2, 0) is 19.5 Å². The summed E-state index contributed by atoms with van der Waals surface area (Å²) in [5, 5.41) is 0. The van der Waals surface area contributed by atoms with Crippen LogP contribution in [0.2, 0.25) is 0 Å². The summed E-state index contributed by atoms with van der Waals surface area (Å²) in [4.78, 5) is 0. The molecule has 0 aromatic heterocycles. The molecule has 0 aliphatic carbocycles. The number of terminal acetylenes is 1. The molecule has 0 amide bonds. The molecule has 0 aliphatic rings. The summed E-state index contributed by atoms with van der Waals surface area (Å²) >= 11 is 0. The predicted octanol–water partition coefficient (Wildman–Crippen LogP) is 2.59. The van der Waals surface area contributed by atoms with E-state index in [-0.39, 0.29) is 19.5 Å². The fraction of sp³-hybridized carbons (Fsp3) is 0.750. The van der Waals surface area contributed by atoms with Gasteiger partial charge in [0, 0.05) is 25.9 Å². The van der Waals surface area contributed by atoms with Crippen molar-refractivity contribution in [2.24, 2.45) is 0 Å².